The molecule has 0 aliphatic carbocycles. The molecule has 1 heterocycles. The number of hydrogen-bond acceptors (Lipinski definition) is 0. The number of hydrogen-bond donors (Lipinski definition) is 1. The molecule has 0 fully saturated rings. The molecule has 0 unspecified atom stereocenters. The number of H-pyrrole nitrogens is 1. The molecule has 1 N–H and O–H groups in total. The fourth-order valence-corrected chi connectivity index (χ4v) is 1.85. The molecule has 0 aliphatic rings. The molecule has 0 amide bonds. The van der Waals surface area contributed by atoms with Crippen LogP contribution in [-0.4, -0.2) is 4.98 Å². The zero-order valence-electron chi connectivity index (χ0n) is 9.15. The zero-order valence-corrected chi connectivity index (χ0v) is 10.7. The Morgan fingerprint density at radius 2 is 1.79 bits per heavy atom. The number of alkyl halides is 3. The standard InChI is InChI=1S/C12H5Cl2F3N2/c1-18-9-5-10(12(15,16)17)19-11(9)6-2-3-7(13)8(14)4-6/h2-5,19H. The van der Waals surface area contributed by atoms with Gasteiger partial charge in [-0.2, -0.15) is 13.2 Å². The Labute approximate surface area is 116 Å². The van der Waals surface area contributed by atoms with Crippen LogP contribution in [0.4, 0.5) is 18.9 Å². The topological polar surface area (TPSA) is 20.1 Å². The monoisotopic (exact) mass is 304 g/mol. The van der Waals surface area contributed by atoms with E-state index in [0.717, 1.165) is 6.07 Å². The van der Waals surface area contributed by atoms with Crippen LogP contribution in [0, 0.1) is 6.57 Å². The Morgan fingerprint density at radius 3 is 2.32 bits per heavy atom. The van der Waals surface area contributed by atoms with Crippen molar-refractivity contribution in [3.63, 3.8) is 0 Å². The molecule has 0 spiro atoms. The van der Waals surface area contributed by atoms with Crippen molar-refractivity contribution < 1.29 is 13.2 Å². The maximum absolute atomic E-state index is 12.6. The van der Waals surface area contributed by atoms with E-state index in [2.05, 4.69) is 9.83 Å². The van der Waals surface area contributed by atoms with Gasteiger partial charge in [-0.3, -0.25) is 0 Å². The maximum Gasteiger partial charge on any atom is 0.429 e. The SMILES string of the molecule is [C-]#[N+]c1cc(C(F)(F)F)[nH]c1-c1ccc(Cl)c(Cl)c1. The molecule has 0 radical (unpaired) electrons. The number of aromatic nitrogens is 1. The van der Waals surface area contributed by atoms with Gasteiger partial charge in [0.2, 0.25) is 5.69 Å². The van der Waals surface area contributed by atoms with Crippen molar-refractivity contribution in [2.45, 2.75) is 6.18 Å². The highest BCUT2D eigenvalue weighted by Gasteiger charge is 2.33. The van der Waals surface area contributed by atoms with E-state index in [4.69, 9.17) is 29.8 Å². The lowest BCUT2D eigenvalue weighted by atomic mass is 10.1. The summed E-state index contributed by atoms with van der Waals surface area (Å²) in [5.41, 5.74) is -0.651. The number of nitrogens with zero attached hydrogens (tertiary/aromatic N) is 1. The first-order valence-corrected chi connectivity index (χ1v) is 5.71. The minimum atomic E-state index is -4.53. The van der Waals surface area contributed by atoms with Gasteiger partial charge in [0, 0.05) is 0 Å². The minimum absolute atomic E-state index is 0.0703. The van der Waals surface area contributed by atoms with E-state index in [-0.39, 0.29) is 21.4 Å². The summed E-state index contributed by atoms with van der Waals surface area (Å²) in [6.07, 6.45) is -4.53. The van der Waals surface area contributed by atoms with Gasteiger partial charge < -0.3 is 4.98 Å². The van der Waals surface area contributed by atoms with Crippen LogP contribution in [0.3, 0.4) is 0 Å². The van der Waals surface area contributed by atoms with Crippen LogP contribution < -0.4 is 0 Å². The van der Waals surface area contributed by atoms with Crippen molar-refractivity contribution in [3.05, 3.63) is 51.4 Å². The molecular formula is C12H5Cl2F3N2. The Bertz CT molecular complexity index is 669. The van der Waals surface area contributed by atoms with Gasteiger partial charge in [0.1, 0.15) is 5.69 Å². The molecule has 1 aromatic heterocycles. The van der Waals surface area contributed by atoms with Crippen molar-refractivity contribution in [1.82, 2.24) is 4.98 Å². The third-order valence-electron chi connectivity index (χ3n) is 2.43. The van der Waals surface area contributed by atoms with Gasteiger partial charge in [-0.1, -0.05) is 29.3 Å². The predicted molar refractivity (Wildman–Crippen MR) is 67.5 cm³/mol. The second kappa shape index (κ2) is 4.80. The first-order chi connectivity index (χ1) is 8.82. The molecule has 98 valence electrons. The van der Waals surface area contributed by atoms with Crippen molar-refractivity contribution in [2.75, 3.05) is 0 Å². The van der Waals surface area contributed by atoms with E-state index >= 15 is 0 Å². The molecule has 0 aliphatic heterocycles. The summed E-state index contributed by atoms with van der Waals surface area (Å²) in [6.45, 7) is 6.93. The summed E-state index contributed by atoms with van der Waals surface area (Å²) >= 11 is 11.5. The number of aromatic amines is 1. The molecule has 0 saturated carbocycles. The molecule has 1 aromatic carbocycles. The molecule has 7 heteroatoms. The Balaban J connectivity index is 2.59. The van der Waals surface area contributed by atoms with Crippen molar-refractivity contribution in [2.24, 2.45) is 0 Å². The summed E-state index contributed by atoms with van der Waals surface area (Å²) in [4.78, 5) is 5.27. The average molecular weight is 305 g/mol. The van der Waals surface area contributed by atoms with E-state index in [0.29, 0.717) is 5.56 Å². The van der Waals surface area contributed by atoms with Crippen LogP contribution in [-0.2, 0) is 6.18 Å². The van der Waals surface area contributed by atoms with Gasteiger partial charge in [-0.05, 0) is 23.8 Å². The molecule has 2 nitrogen and oxygen atoms in total. The van der Waals surface area contributed by atoms with E-state index in [1.807, 2.05) is 0 Å². The van der Waals surface area contributed by atoms with Gasteiger partial charge in [0.05, 0.1) is 22.3 Å². The Hall–Kier alpha value is -1.64. The summed E-state index contributed by atoms with van der Waals surface area (Å²) in [5, 5.41) is 0.496. The minimum Gasteiger partial charge on any atom is -0.361 e. The molecule has 0 saturated heterocycles. The number of nitrogens with one attached hydrogen (secondary N) is 1. The fourth-order valence-electron chi connectivity index (χ4n) is 1.56. The largest absolute Gasteiger partial charge is 0.429 e. The summed E-state index contributed by atoms with van der Waals surface area (Å²) < 4.78 is 37.8. The summed E-state index contributed by atoms with van der Waals surface area (Å²) in [6, 6.07) is 5.13. The van der Waals surface area contributed by atoms with Crippen LogP contribution >= 0.6 is 23.2 Å². The smallest absolute Gasteiger partial charge is 0.361 e. The quantitative estimate of drug-likeness (QED) is 0.666. The second-order valence-corrected chi connectivity index (χ2v) is 4.50. The lowest BCUT2D eigenvalue weighted by molar-refractivity contribution is -0.140. The Morgan fingerprint density at radius 1 is 1.11 bits per heavy atom. The molecular weight excluding hydrogens is 300 g/mol. The molecule has 2 rings (SSSR count). The third-order valence-corrected chi connectivity index (χ3v) is 3.17. The lowest BCUT2D eigenvalue weighted by Gasteiger charge is -2.04. The van der Waals surface area contributed by atoms with Gasteiger partial charge in [-0.25, -0.2) is 4.85 Å². The second-order valence-electron chi connectivity index (χ2n) is 3.68. The highest BCUT2D eigenvalue weighted by Crippen LogP contribution is 2.38. The predicted octanol–water partition coefficient (Wildman–Crippen LogP) is 5.56. The van der Waals surface area contributed by atoms with Crippen LogP contribution in [0.1, 0.15) is 5.69 Å². The molecule has 2 aromatic rings. The molecule has 19 heavy (non-hydrogen) atoms. The van der Waals surface area contributed by atoms with Crippen molar-refractivity contribution in [3.8, 4) is 11.3 Å². The highest BCUT2D eigenvalue weighted by atomic mass is 35.5. The molecule has 0 bridgehead atoms. The number of halogens is 5. The van der Waals surface area contributed by atoms with Crippen LogP contribution in [0.25, 0.3) is 16.1 Å². The summed E-state index contributed by atoms with van der Waals surface area (Å²) in [5.74, 6) is 0. The van der Waals surface area contributed by atoms with Crippen molar-refractivity contribution >= 4 is 28.9 Å². The van der Waals surface area contributed by atoms with E-state index in [9.17, 15) is 13.2 Å². The van der Waals surface area contributed by atoms with Gasteiger partial charge >= 0.3 is 6.18 Å². The fraction of sp³-hybridized carbons (Fsp3) is 0.0833. The number of benzene rings is 1. The first-order valence-electron chi connectivity index (χ1n) is 4.96. The summed E-state index contributed by atoms with van der Waals surface area (Å²) in [7, 11) is 0. The van der Waals surface area contributed by atoms with Gasteiger partial charge in [-0.15, -0.1) is 0 Å². The van der Waals surface area contributed by atoms with Gasteiger partial charge in [0.15, 0.2) is 0 Å². The molecule has 0 atom stereocenters. The number of rotatable bonds is 1. The highest BCUT2D eigenvalue weighted by molar-refractivity contribution is 6.42. The van der Waals surface area contributed by atoms with E-state index in [1.54, 1.807) is 0 Å². The first kappa shape index (κ1) is 13.8. The third kappa shape index (κ3) is 2.70. The van der Waals surface area contributed by atoms with E-state index < -0.39 is 11.9 Å². The van der Waals surface area contributed by atoms with Crippen LogP contribution in [0.2, 0.25) is 10.0 Å². The van der Waals surface area contributed by atoms with Crippen LogP contribution in [0.15, 0.2) is 24.3 Å². The average Bonchev–Trinajstić information content (AvgIpc) is 2.76. The normalized spacial score (nSPS) is 11.4. The maximum atomic E-state index is 12.6. The van der Waals surface area contributed by atoms with Crippen LogP contribution in [0.5, 0.6) is 0 Å². The van der Waals surface area contributed by atoms with E-state index in [1.165, 1.54) is 18.2 Å². The van der Waals surface area contributed by atoms with Crippen molar-refractivity contribution in [1.29, 1.82) is 0 Å². The Kier molecular flexibility index (Phi) is 3.48. The van der Waals surface area contributed by atoms with Gasteiger partial charge in [0.25, 0.3) is 0 Å². The zero-order chi connectivity index (χ0) is 14.2. The lowest BCUT2D eigenvalue weighted by Crippen LogP contribution is -2.04.